The molecule has 0 saturated carbocycles. The zero-order valence-electron chi connectivity index (χ0n) is 12.9. The highest BCUT2D eigenvalue weighted by Crippen LogP contribution is 2.37. The van der Waals surface area contributed by atoms with Crippen molar-refractivity contribution in [3.05, 3.63) is 51.9 Å². The van der Waals surface area contributed by atoms with Crippen molar-refractivity contribution >= 4 is 27.7 Å². The second-order valence-electron chi connectivity index (χ2n) is 5.29. The summed E-state index contributed by atoms with van der Waals surface area (Å²) < 4.78 is 11.0. The summed E-state index contributed by atoms with van der Waals surface area (Å²) in [5.74, 6) is -1.21. The number of hydrogen-bond acceptors (Lipinski definition) is 4. The van der Waals surface area contributed by atoms with Crippen LogP contribution in [-0.2, 0) is 6.42 Å². The SMILES string of the molecule is CCCc1c2ccccc2c(OC)c2c(=O)cc(C(=O)O)oc12. The van der Waals surface area contributed by atoms with Crippen molar-refractivity contribution in [1.82, 2.24) is 0 Å². The molecule has 1 N–H and O–H groups in total. The predicted octanol–water partition coefficient (Wildman–Crippen LogP) is 3.61. The molecule has 1 heterocycles. The van der Waals surface area contributed by atoms with E-state index in [4.69, 9.17) is 14.3 Å². The van der Waals surface area contributed by atoms with Gasteiger partial charge in [0.1, 0.15) is 16.7 Å². The van der Waals surface area contributed by atoms with E-state index in [1.54, 1.807) is 0 Å². The maximum absolute atomic E-state index is 12.5. The molecule has 3 aromatic rings. The Bertz CT molecular complexity index is 968. The summed E-state index contributed by atoms with van der Waals surface area (Å²) in [6, 6.07) is 8.58. The van der Waals surface area contributed by atoms with Gasteiger partial charge in [0.2, 0.25) is 5.76 Å². The zero-order valence-corrected chi connectivity index (χ0v) is 12.9. The fourth-order valence-corrected chi connectivity index (χ4v) is 2.94. The van der Waals surface area contributed by atoms with Crippen LogP contribution < -0.4 is 10.2 Å². The molecule has 0 bridgehead atoms. The molecular weight excluding hydrogens is 296 g/mol. The molecule has 0 spiro atoms. The minimum absolute atomic E-state index is 0.291. The van der Waals surface area contributed by atoms with E-state index in [9.17, 15) is 9.59 Å². The van der Waals surface area contributed by atoms with Crippen LogP contribution >= 0.6 is 0 Å². The van der Waals surface area contributed by atoms with Crippen molar-refractivity contribution in [3.63, 3.8) is 0 Å². The van der Waals surface area contributed by atoms with Crippen LogP contribution in [0, 0.1) is 0 Å². The fourth-order valence-electron chi connectivity index (χ4n) is 2.94. The number of methoxy groups -OCH3 is 1. The highest BCUT2D eigenvalue weighted by molar-refractivity contribution is 6.06. The standard InChI is InChI=1S/C18H16O5/c1-3-6-11-10-7-4-5-8-12(10)16(22-2)15-13(19)9-14(18(20)21)23-17(11)15/h4-5,7-9H,3,6H2,1-2H3,(H,20,21). The van der Waals surface area contributed by atoms with E-state index in [0.29, 0.717) is 23.1 Å². The van der Waals surface area contributed by atoms with Crippen LogP contribution in [0.3, 0.4) is 0 Å². The Morgan fingerprint density at radius 1 is 1.26 bits per heavy atom. The Morgan fingerprint density at radius 2 is 1.96 bits per heavy atom. The molecule has 0 amide bonds. The third-order valence-corrected chi connectivity index (χ3v) is 3.86. The van der Waals surface area contributed by atoms with E-state index >= 15 is 0 Å². The lowest BCUT2D eigenvalue weighted by molar-refractivity contribution is 0.0663. The normalized spacial score (nSPS) is 11.0. The van der Waals surface area contributed by atoms with Crippen LogP contribution in [0.5, 0.6) is 5.75 Å². The summed E-state index contributed by atoms with van der Waals surface area (Å²) in [6.07, 6.45) is 1.51. The Kier molecular flexibility index (Phi) is 3.78. The molecule has 2 aromatic carbocycles. The number of fused-ring (bicyclic) bond motifs is 2. The zero-order chi connectivity index (χ0) is 16.6. The number of carboxylic acid groups (broad SMARTS) is 1. The summed E-state index contributed by atoms with van der Waals surface area (Å²) in [4.78, 5) is 23.7. The minimum atomic E-state index is -1.27. The van der Waals surface area contributed by atoms with Gasteiger partial charge in [0.15, 0.2) is 5.43 Å². The van der Waals surface area contributed by atoms with E-state index in [1.807, 2.05) is 31.2 Å². The van der Waals surface area contributed by atoms with Crippen molar-refractivity contribution in [2.75, 3.05) is 7.11 Å². The molecule has 23 heavy (non-hydrogen) atoms. The van der Waals surface area contributed by atoms with E-state index in [-0.39, 0.29) is 5.76 Å². The number of aryl methyl sites for hydroxylation is 1. The van der Waals surface area contributed by atoms with Gasteiger partial charge in [-0.25, -0.2) is 4.79 Å². The van der Waals surface area contributed by atoms with Crippen molar-refractivity contribution in [3.8, 4) is 5.75 Å². The number of ether oxygens (including phenoxy) is 1. The monoisotopic (exact) mass is 312 g/mol. The van der Waals surface area contributed by atoms with Crippen LogP contribution in [0.4, 0.5) is 0 Å². The molecule has 5 nitrogen and oxygen atoms in total. The van der Waals surface area contributed by atoms with Crippen LogP contribution in [0.1, 0.15) is 29.5 Å². The lowest BCUT2D eigenvalue weighted by atomic mass is 9.96. The van der Waals surface area contributed by atoms with Gasteiger partial charge in [-0.1, -0.05) is 37.6 Å². The molecule has 0 aliphatic carbocycles. The summed E-state index contributed by atoms with van der Waals surface area (Å²) >= 11 is 0. The Hall–Kier alpha value is -2.82. The molecule has 3 rings (SSSR count). The molecule has 118 valence electrons. The Balaban J connectivity index is 2.60. The highest BCUT2D eigenvalue weighted by atomic mass is 16.5. The van der Waals surface area contributed by atoms with Crippen molar-refractivity contribution in [2.45, 2.75) is 19.8 Å². The van der Waals surface area contributed by atoms with Crippen molar-refractivity contribution < 1.29 is 19.1 Å². The van der Waals surface area contributed by atoms with Gasteiger partial charge in [0, 0.05) is 17.0 Å². The number of hydrogen-bond donors (Lipinski definition) is 1. The Labute approximate surface area is 132 Å². The second kappa shape index (κ2) is 5.76. The number of carbonyl (C=O) groups is 1. The summed E-state index contributed by atoms with van der Waals surface area (Å²) in [6.45, 7) is 2.02. The average molecular weight is 312 g/mol. The first-order valence-corrected chi connectivity index (χ1v) is 7.37. The van der Waals surface area contributed by atoms with Crippen LogP contribution in [0.15, 0.2) is 39.5 Å². The minimum Gasteiger partial charge on any atom is -0.495 e. The van der Waals surface area contributed by atoms with Gasteiger partial charge < -0.3 is 14.3 Å². The van der Waals surface area contributed by atoms with Gasteiger partial charge in [-0.2, -0.15) is 0 Å². The lowest BCUT2D eigenvalue weighted by Gasteiger charge is -2.14. The van der Waals surface area contributed by atoms with E-state index in [0.717, 1.165) is 28.8 Å². The number of benzene rings is 2. The number of rotatable bonds is 4. The smallest absolute Gasteiger partial charge is 0.371 e. The van der Waals surface area contributed by atoms with Crippen LogP contribution in [0.2, 0.25) is 0 Å². The number of aromatic carboxylic acids is 1. The largest absolute Gasteiger partial charge is 0.495 e. The maximum atomic E-state index is 12.5. The fraction of sp³-hybridized carbons (Fsp3) is 0.222. The summed E-state index contributed by atoms with van der Waals surface area (Å²) in [5, 5.41) is 11.2. The van der Waals surface area contributed by atoms with Crippen molar-refractivity contribution in [1.29, 1.82) is 0 Å². The summed E-state index contributed by atoms with van der Waals surface area (Å²) in [5.41, 5.74) is 0.718. The number of carboxylic acids is 1. The van der Waals surface area contributed by atoms with Gasteiger partial charge in [0.05, 0.1) is 7.11 Å². The maximum Gasteiger partial charge on any atom is 0.371 e. The molecule has 1 aromatic heterocycles. The predicted molar refractivity (Wildman–Crippen MR) is 87.5 cm³/mol. The van der Waals surface area contributed by atoms with Gasteiger partial charge >= 0.3 is 5.97 Å². The van der Waals surface area contributed by atoms with Gasteiger partial charge in [-0.05, 0) is 11.8 Å². The molecule has 0 saturated heterocycles. The van der Waals surface area contributed by atoms with Crippen LogP contribution in [-0.4, -0.2) is 18.2 Å². The molecule has 0 aliphatic rings. The summed E-state index contributed by atoms with van der Waals surface area (Å²) in [7, 11) is 1.49. The van der Waals surface area contributed by atoms with Gasteiger partial charge in [-0.3, -0.25) is 4.79 Å². The second-order valence-corrected chi connectivity index (χ2v) is 5.29. The highest BCUT2D eigenvalue weighted by Gasteiger charge is 2.20. The molecular formula is C18H16O5. The topological polar surface area (TPSA) is 76.7 Å². The quantitative estimate of drug-likeness (QED) is 0.745. The molecule has 0 radical (unpaired) electrons. The van der Waals surface area contributed by atoms with E-state index in [2.05, 4.69) is 0 Å². The molecule has 0 unspecified atom stereocenters. The molecule has 5 heteroatoms. The third-order valence-electron chi connectivity index (χ3n) is 3.86. The molecule has 0 fully saturated rings. The first kappa shape index (κ1) is 15.1. The lowest BCUT2D eigenvalue weighted by Crippen LogP contribution is -2.09. The van der Waals surface area contributed by atoms with Gasteiger partial charge in [0.25, 0.3) is 0 Å². The first-order chi connectivity index (χ1) is 11.1. The van der Waals surface area contributed by atoms with E-state index in [1.165, 1.54) is 7.11 Å². The van der Waals surface area contributed by atoms with Crippen molar-refractivity contribution in [2.24, 2.45) is 0 Å². The molecule has 0 aliphatic heterocycles. The Morgan fingerprint density at radius 3 is 2.57 bits per heavy atom. The average Bonchev–Trinajstić information content (AvgIpc) is 2.55. The molecule has 0 atom stereocenters. The third kappa shape index (κ3) is 2.34. The van der Waals surface area contributed by atoms with Crippen LogP contribution in [0.25, 0.3) is 21.7 Å². The first-order valence-electron chi connectivity index (χ1n) is 7.37. The van der Waals surface area contributed by atoms with E-state index < -0.39 is 11.4 Å². The van der Waals surface area contributed by atoms with Gasteiger partial charge in [-0.15, -0.1) is 0 Å².